The molecule has 1 amide bonds. The zero-order chi connectivity index (χ0) is 13.9. The van der Waals surface area contributed by atoms with E-state index in [0.29, 0.717) is 6.04 Å². The minimum Gasteiger partial charge on any atom is -0.337 e. The number of rotatable bonds is 2. The van der Waals surface area contributed by atoms with Crippen LogP contribution >= 0.6 is 12.6 Å². The maximum atomic E-state index is 12.5. The summed E-state index contributed by atoms with van der Waals surface area (Å²) in [6.07, 6.45) is 5.10. The molecule has 0 spiro atoms. The second-order valence-electron chi connectivity index (χ2n) is 5.84. The van der Waals surface area contributed by atoms with Crippen molar-refractivity contribution < 1.29 is 4.79 Å². The molecule has 0 saturated carbocycles. The maximum absolute atomic E-state index is 12.5. The van der Waals surface area contributed by atoms with Crippen molar-refractivity contribution in [3.05, 3.63) is 29.8 Å². The molecule has 20 heavy (non-hydrogen) atoms. The van der Waals surface area contributed by atoms with Crippen molar-refractivity contribution in [2.75, 3.05) is 26.2 Å². The number of piperidine rings is 1. The van der Waals surface area contributed by atoms with Crippen LogP contribution in [-0.2, 0) is 0 Å². The van der Waals surface area contributed by atoms with E-state index in [1.54, 1.807) is 0 Å². The van der Waals surface area contributed by atoms with Gasteiger partial charge in [-0.25, -0.2) is 0 Å². The fourth-order valence-corrected chi connectivity index (χ4v) is 3.55. The summed E-state index contributed by atoms with van der Waals surface area (Å²) in [6.45, 7) is 4.18. The molecule has 2 aliphatic heterocycles. The van der Waals surface area contributed by atoms with Crippen molar-refractivity contribution in [3.63, 3.8) is 0 Å². The monoisotopic (exact) mass is 290 g/mol. The van der Waals surface area contributed by atoms with Gasteiger partial charge in [-0.05, 0) is 50.6 Å². The molecule has 1 aromatic carbocycles. The molecule has 108 valence electrons. The van der Waals surface area contributed by atoms with E-state index >= 15 is 0 Å². The molecule has 0 bridgehead atoms. The first-order valence-corrected chi connectivity index (χ1v) is 8.01. The molecule has 2 fully saturated rings. The molecule has 4 heteroatoms. The molecule has 2 heterocycles. The van der Waals surface area contributed by atoms with Crippen LogP contribution in [0.25, 0.3) is 0 Å². The fraction of sp³-hybridized carbons (Fsp3) is 0.562. The molecule has 0 radical (unpaired) electrons. The first-order chi connectivity index (χ1) is 9.74. The zero-order valence-electron chi connectivity index (χ0n) is 11.8. The number of hydrogen-bond donors (Lipinski definition) is 1. The molecule has 1 aromatic rings. The van der Waals surface area contributed by atoms with E-state index in [2.05, 4.69) is 17.5 Å². The van der Waals surface area contributed by atoms with Gasteiger partial charge in [0.2, 0.25) is 0 Å². The van der Waals surface area contributed by atoms with Gasteiger partial charge >= 0.3 is 0 Å². The Morgan fingerprint density at radius 3 is 2.70 bits per heavy atom. The quantitative estimate of drug-likeness (QED) is 0.847. The first-order valence-electron chi connectivity index (χ1n) is 7.56. The number of nitrogens with zero attached hydrogens (tertiary/aromatic N) is 2. The fourth-order valence-electron chi connectivity index (χ4n) is 3.33. The summed E-state index contributed by atoms with van der Waals surface area (Å²) in [4.78, 5) is 17.9. The predicted molar refractivity (Wildman–Crippen MR) is 83.4 cm³/mol. The number of carbonyl (C=O) groups is 1. The highest BCUT2D eigenvalue weighted by Gasteiger charge is 2.31. The van der Waals surface area contributed by atoms with Crippen LogP contribution in [0.4, 0.5) is 0 Å². The van der Waals surface area contributed by atoms with Crippen molar-refractivity contribution in [2.45, 2.75) is 36.6 Å². The van der Waals surface area contributed by atoms with Crippen LogP contribution in [0.1, 0.15) is 36.0 Å². The molecule has 2 aliphatic rings. The average Bonchev–Trinajstić information content (AvgIpc) is 2.97. The van der Waals surface area contributed by atoms with E-state index in [1.807, 2.05) is 29.2 Å². The highest BCUT2D eigenvalue weighted by molar-refractivity contribution is 7.80. The normalized spacial score (nSPS) is 24.1. The van der Waals surface area contributed by atoms with E-state index in [4.69, 9.17) is 0 Å². The van der Waals surface area contributed by atoms with Gasteiger partial charge in [0.1, 0.15) is 0 Å². The van der Waals surface area contributed by atoms with Gasteiger partial charge in [0.25, 0.3) is 5.91 Å². The molecule has 3 rings (SSSR count). The first kappa shape index (κ1) is 14.0. The number of likely N-dealkylation sites (tertiary alicyclic amines) is 2. The Morgan fingerprint density at radius 2 is 1.95 bits per heavy atom. The number of thiol groups is 1. The lowest BCUT2D eigenvalue weighted by molar-refractivity contribution is 0.0771. The lowest BCUT2D eigenvalue weighted by atomic mass is 10.1. The Kier molecular flexibility index (Phi) is 4.32. The third-order valence-corrected chi connectivity index (χ3v) is 4.73. The molecular weight excluding hydrogens is 268 g/mol. The lowest BCUT2D eigenvalue weighted by Gasteiger charge is -2.32. The minimum absolute atomic E-state index is 0.153. The van der Waals surface area contributed by atoms with Crippen LogP contribution < -0.4 is 0 Å². The second kappa shape index (κ2) is 6.19. The predicted octanol–water partition coefficient (Wildman–Crippen LogP) is 2.68. The summed E-state index contributed by atoms with van der Waals surface area (Å²) in [5.74, 6) is 0.153. The largest absolute Gasteiger partial charge is 0.337 e. The molecule has 1 unspecified atom stereocenters. The topological polar surface area (TPSA) is 23.6 Å². The summed E-state index contributed by atoms with van der Waals surface area (Å²) in [6, 6.07) is 8.11. The number of benzene rings is 1. The minimum atomic E-state index is 0.153. The molecular formula is C16H22N2OS. The van der Waals surface area contributed by atoms with Gasteiger partial charge < -0.3 is 4.90 Å². The van der Waals surface area contributed by atoms with Crippen LogP contribution in [0, 0.1) is 0 Å². The van der Waals surface area contributed by atoms with E-state index in [-0.39, 0.29) is 5.91 Å². The van der Waals surface area contributed by atoms with Gasteiger partial charge in [-0.2, -0.15) is 0 Å². The van der Waals surface area contributed by atoms with Crippen molar-refractivity contribution in [3.8, 4) is 0 Å². The summed E-state index contributed by atoms with van der Waals surface area (Å²) < 4.78 is 0. The summed E-state index contributed by atoms with van der Waals surface area (Å²) in [5, 5.41) is 0. The Balaban J connectivity index is 1.63. The third-order valence-electron chi connectivity index (χ3n) is 4.45. The molecule has 1 atom stereocenters. The van der Waals surface area contributed by atoms with Crippen LogP contribution in [0.2, 0.25) is 0 Å². The van der Waals surface area contributed by atoms with Crippen molar-refractivity contribution in [1.29, 1.82) is 0 Å². The molecule has 0 aliphatic carbocycles. The van der Waals surface area contributed by atoms with Gasteiger partial charge in [-0.3, -0.25) is 9.69 Å². The number of hydrogen-bond acceptors (Lipinski definition) is 3. The zero-order valence-corrected chi connectivity index (χ0v) is 12.7. The van der Waals surface area contributed by atoms with E-state index < -0.39 is 0 Å². The van der Waals surface area contributed by atoms with E-state index in [9.17, 15) is 4.79 Å². The van der Waals surface area contributed by atoms with Crippen LogP contribution in [-0.4, -0.2) is 47.9 Å². The standard InChI is InChI=1S/C16H22N2OS/c19-16(13-5-4-6-15(20)11-13)18-10-7-14(12-18)17-8-2-1-3-9-17/h4-6,11,14,20H,1-3,7-10,12H2. The number of carbonyl (C=O) groups excluding carboxylic acids is 1. The molecule has 0 N–H and O–H groups in total. The molecule has 2 saturated heterocycles. The SMILES string of the molecule is O=C(c1cccc(S)c1)N1CCC(N2CCCCC2)C1. The summed E-state index contributed by atoms with van der Waals surface area (Å²) in [5.41, 5.74) is 0.761. The van der Waals surface area contributed by atoms with Crippen LogP contribution in [0.15, 0.2) is 29.2 Å². The van der Waals surface area contributed by atoms with Gasteiger partial charge in [-0.15, -0.1) is 12.6 Å². The average molecular weight is 290 g/mol. The highest BCUT2D eigenvalue weighted by Crippen LogP contribution is 2.22. The lowest BCUT2D eigenvalue weighted by Crippen LogP contribution is -2.41. The third kappa shape index (κ3) is 3.01. The second-order valence-corrected chi connectivity index (χ2v) is 6.36. The van der Waals surface area contributed by atoms with Gasteiger partial charge in [0.15, 0.2) is 0 Å². The highest BCUT2D eigenvalue weighted by atomic mass is 32.1. The molecule has 0 aromatic heterocycles. The van der Waals surface area contributed by atoms with Crippen LogP contribution in [0.3, 0.4) is 0 Å². The van der Waals surface area contributed by atoms with Crippen molar-refractivity contribution >= 4 is 18.5 Å². The van der Waals surface area contributed by atoms with Gasteiger partial charge in [0, 0.05) is 29.6 Å². The van der Waals surface area contributed by atoms with Crippen LogP contribution in [0.5, 0.6) is 0 Å². The maximum Gasteiger partial charge on any atom is 0.253 e. The number of amides is 1. The summed E-state index contributed by atoms with van der Waals surface area (Å²) >= 11 is 4.31. The Morgan fingerprint density at radius 1 is 1.15 bits per heavy atom. The van der Waals surface area contributed by atoms with Gasteiger partial charge in [-0.1, -0.05) is 12.5 Å². The Bertz CT molecular complexity index is 485. The smallest absolute Gasteiger partial charge is 0.253 e. The van der Waals surface area contributed by atoms with E-state index in [1.165, 1.54) is 32.4 Å². The van der Waals surface area contributed by atoms with Crippen molar-refractivity contribution in [1.82, 2.24) is 9.80 Å². The molecule has 3 nitrogen and oxygen atoms in total. The van der Waals surface area contributed by atoms with Gasteiger partial charge in [0.05, 0.1) is 0 Å². The summed E-state index contributed by atoms with van der Waals surface area (Å²) in [7, 11) is 0. The van der Waals surface area contributed by atoms with E-state index in [0.717, 1.165) is 30.0 Å². The Hall–Kier alpha value is -1.00. The van der Waals surface area contributed by atoms with Crippen molar-refractivity contribution in [2.24, 2.45) is 0 Å². The Labute approximate surface area is 126 Å².